The second-order valence-electron chi connectivity index (χ2n) is 5.93. The molecule has 2 heterocycles. The predicted octanol–water partition coefficient (Wildman–Crippen LogP) is 1.96. The lowest BCUT2D eigenvalue weighted by Crippen LogP contribution is -2.38. The Morgan fingerprint density at radius 2 is 1.79 bits per heavy atom. The molecule has 0 N–H and O–H groups in total. The first-order valence-electron chi connectivity index (χ1n) is 8.56. The van der Waals surface area contributed by atoms with Crippen LogP contribution < -0.4 is 14.4 Å². The SMILES string of the molecule is COC(=O)C1=C(C(=O)OC)N(c2ccc(OC3COC3)c(OC)c2)C=CC=C1. The first-order chi connectivity index (χ1) is 13.6. The third-order valence-corrected chi connectivity index (χ3v) is 4.22. The summed E-state index contributed by atoms with van der Waals surface area (Å²) >= 11 is 0. The summed E-state index contributed by atoms with van der Waals surface area (Å²) in [6.07, 6.45) is 6.47. The summed E-state index contributed by atoms with van der Waals surface area (Å²) in [6, 6.07) is 5.21. The fraction of sp³-hybridized carbons (Fsp3) is 0.300. The number of allylic oxidation sites excluding steroid dienone is 2. The molecule has 0 bridgehead atoms. The maximum absolute atomic E-state index is 12.5. The zero-order chi connectivity index (χ0) is 20.1. The minimum absolute atomic E-state index is 0.0153. The van der Waals surface area contributed by atoms with Crippen LogP contribution >= 0.6 is 0 Å². The second-order valence-corrected chi connectivity index (χ2v) is 5.93. The van der Waals surface area contributed by atoms with E-state index in [1.165, 1.54) is 32.3 Å². The highest BCUT2D eigenvalue weighted by Crippen LogP contribution is 2.35. The highest BCUT2D eigenvalue weighted by Gasteiger charge is 2.28. The third kappa shape index (κ3) is 3.86. The van der Waals surface area contributed by atoms with E-state index < -0.39 is 11.9 Å². The van der Waals surface area contributed by atoms with Crippen LogP contribution in [-0.2, 0) is 23.8 Å². The van der Waals surface area contributed by atoms with Gasteiger partial charge in [-0.05, 0) is 24.3 Å². The van der Waals surface area contributed by atoms with E-state index in [4.69, 9.17) is 23.7 Å². The molecule has 1 saturated heterocycles. The van der Waals surface area contributed by atoms with Crippen LogP contribution in [0, 0.1) is 0 Å². The number of anilines is 1. The molecule has 8 nitrogen and oxygen atoms in total. The molecular weight excluding hydrogens is 366 g/mol. The van der Waals surface area contributed by atoms with Gasteiger partial charge in [0.05, 0.1) is 40.1 Å². The van der Waals surface area contributed by atoms with Crippen LogP contribution in [0.15, 0.2) is 53.9 Å². The van der Waals surface area contributed by atoms with Crippen molar-refractivity contribution in [1.82, 2.24) is 0 Å². The van der Waals surface area contributed by atoms with Crippen LogP contribution in [0.5, 0.6) is 11.5 Å². The van der Waals surface area contributed by atoms with Gasteiger partial charge in [-0.25, -0.2) is 9.59 Å². The molecule has 0 unspecified atom stereocenters. The van der Waals surface area contributed by atoms with E-state index in [1.54, 1.807) is 36.6 Å². The Kier molecular flexibility index (Phi) is 6.00. The number of esters is 2. The van der Waals surface area contributed by atoms with E-state index in [1.807, 2.05) is 0 Å². The van der Waals surface area contributed by atoms with Gasteiger partial charge in [-0.1, -0.05) is 6.08 Å². The van der Waals surface area contributed by atoms with Crippen molar-refractivity contribution in [3.63, 3.8) is 0 Å². The van der Waals surface area contributed by atoms with E-state index in [2.05, 4.69) is 0 Å². The Morgan fingerprint density at radius 1 is 1.04 bits per heavy atom. The van der Waals surface area contributed by atoms with Crippen LogP contribution in [0.4, 0.5) is 5.69 Å². The monoisotopic (exact) mass is 387 g/mol. The number of nitrogens with zero attached hydrogens (tertiary/aromatic N) is 1. The quantitative estimate of drug-likeness (QED) is 0.685. The van der Waals surface area contributed by atoms with Crippen molar-refractivity contribution in [3.05, 3.63) is 53.9 Å². The molecule has 0 radical (unpaired) electrons. The predicted molar refractivity (Wildman–Crippen MR) is 100 cm³/mol. The van der Waals surface area contributed by atoms with Crippen LogP contribution in [0.3, 0.4) is 0 Å². The highest BCUT2D eigenvalue weighted by molar-refractivity contribution is 6.05. The maximum Gasteiger partial charge on any atom is 0.355 e. The largest absolute Gasteiger partial charge is 0.493 e. The average molecular weight is 387 g/mol. The normalized spacial score (nSPS) is 16.3. The molecule has 1 aromatic rings. The third-order valence-electron chi connectivity index (χ3n) is 4.22. The molecule has 148 valence electrons. The lowest BCUT2D eigenvalue weighted by molar-refractivity contribution is -0.139. The van der Waals surface area contributed by atoms with Crippen LogP contribution in [0.2, 0.25) is 0 Å². The Morgan fingerprint density at radius 3 is 2.39 bits per heavy atom. The van der Waals surface area contributed by atoms with Gasteiger partial charge < -0.3 is 28.6 Å². The van der Waals surface area contributed by atoms with E-state index >= 15 is 0 Å². The molecule has 1 aromatic carbocycles. The van der Waals surface area contributed by atoms with Crippen LogP contribution in [0.25, 0.3) is 0 Å². The van der Waals surface area contributed by atoms with Gasteiger partial charge in [-0.3, -0.25) is 0 Å². The number of hydrogen-bond acceptors (Lipinski definition) is 8. The maximum atomic E-state index is 12.5. The summed E-state index contributed by atoms with van der Waals surface area (Å²) < 4.78 is 26.1. The first kappa shape index (κ1) is 19.5. The second kappa shape index (κ2) is 8.62. The summed E-state index contributed by atoms with van der Waals surface area (Å²) in [5.74, 6) is -0.281. The number of carbonyl (C=O) groups is 2. The molecule has 0 saturated carbocycles. The zero-order valence-corrected chi connectivity index (χ0v) is 15.8. The summed E-state index contributed by atoms with van der Waals surface area (Å²) in [7, 11) is 4.03. The van der Waals surface area contributed by atoms with Gasteiger partial charge in [0.25, 0.3) is 0 Å². The summed E-state index contributed by atoms with van der Waals surface area (Å²) in [6.45, 7) is 1.06. The molecule has 0 amide bonds. The molecule has 0 spiro atoms. The van der Waals surface area contributed by atoms with E-state index in [-0.39, 0.29) is 17.4 Å². The molecule has 3 rings (SSSR count). The summed E-state index contributed by atoms with van der Waals surface area (Å²) in [5.41, 5.74) is 0.684. The number of benzene rings is 1. The van der Waals surface area contributed by atoms with Gasteiger partial charge in [0, 0.05) is 18.0 Å². The molecule has 0 aliphatic carbocycles. The number of carbonyl (C=O) groups excluding carboxylic acids is 2. The summed E-state index contributed by atoms with van der Waals surface area (Å²) in [5, 5.41) is 0. The van der Waals surface area contributed by atoms with Gasteiger partial charge in [-0.15, -0.1) is 0 Å². The van der Waals surface area contributed by atoms with Crippen molar-refractivity contribution >= 4 is 17.6 Å². The van der Waals surface area contributed by atoms with Crippen LogP contribution in [0.1, 0.15) is 0 Å². The van der Waals surface area contributed by atoms with Gasteiger partial charge in [-0.2, -0.15) is 0 Å². The van der Waals surface area contributed by atoms with Gasteiger partial charge in [0.2, 0.25) is 0 Å². The van der Waals surface area contributed by atoms with E-state index in [0.717, 1.165) is 0 Å². The number of rotatable bonds is 6. The number of methoxy groups -OCH3 is 3. The Balaban J connectivity index is 2.03. The summed E-state index contributed by atoms with van der Waals surface area (Å²) in [4.78, 5) is 26.2. The molecule has 0 aromatic heterocycles. The van der Waals surface area contributed by atoms with Crippen molar-refractivity contribution in [1.29, 1.82) is 0 Å². The van der Waals surface area contributed by atoms with Crippen molar-refractivity contribution in [3.8, 4) is 11.5 Å². The Labute approximate surface area is 162 Å². The molecule has 8 heteroatoms. The fourth-order valence-corrected chi connectivity index (χ4v) is 2.73. The van der Waals surface area contributed by atoms with E-state index in [9.17, 15) is 9.59 Å². The van der Waals surface area contributed by atoms with E-state index in [0.29, 0.717) is 30.4 Å². The van der Waals surface area contributed by atoms with Gasteiger partial charge in [0.15, 0.2) is 11.5 Å². The average Bonchev–Trinajstić information content (AvgIpc) is 2.92. The molecule has 0 atom stereocenters. The smallest absolute Gasteiger partial charge is 0.355 e. The molecule has 1 fully saturated rings. The zero-order valence-electron chi connectivity index (χ0n) is 15.8. The van der Waals surface area contributed by atoms with Crippen LogP contribution in [-0.4, -0.2) is 52.6 Å². The number of hydrogen-bond donors (Lipinski definition) is 0. The van der Waals surface area contributed by atoms with Crippen molar-refractivity contribution in [2.75, 3.05) is 39.4 Å². The standard InChI is InChI=1S/C20H21NO7/c1-24-17-10-13(7-8-16(17)28-14-11-27-12-14)21-9-5-4-6-15(19(22)25-2)18(21)20(23)26-3/h4-10,14H,11-12H2,1-3H3. The topological polar surface area (TPSA) is 83.5 Å². The Hall–Kier alpha value is -3.26. The number of ether oxygens (including phenoxy) is 5. The molecule has 2 aliphatic rings. The van der Waals surface area contributed by atoms with Crippen molar-refractivity contribution in [2.24, 2.45) is 0 Å². The lowest BCUT2D eigenvalue weighted by atomic mass is 10.1. The fourth-order valence-electron chi connectivity index (χ4n) is 2.73. The molecule has 28 heavy (non-hydrogen) atoms. The first-order valence-corrected chi connectivity index (χ1v) is 8.56. The molecular formula is C20H21NO7. The minimum Gasteiger partial charge on any atom is -0.493 e. The van der Waals surface area contributed by atoms with Crippen molar-refractivity contribution in [2.45, 2.75) is 6.10 Å². The highest BCUT2D eigenvalue weighted by atomic mass is 16.6. The Bertz CT molecular complexity index is 852. The minimum atomic E-state index is -0.678. The van der Waals surface area contributed by atoms with Gasteiger partial charge in [0.1, 0.15) is 11.8 Å². The lowest BCUT2D eigenvalue weighted by Gasteiger charge is -2.28. The van der Waals surface area contributed by atoms with Gasteiger partial charge >= 0.3 is 11.9 Å². The molecule has 2 aliphatic heterocycles. The van der Waals surface area contributed by atoms with Crippen molar-refractivity contribution < 1.29 is 33.3 Å².